The first-order chi connectivity index (χ1) is 11.6. The number of pyridine rings is 1. The normalized spacial score (nSPS) is 17.6. The zero-order valence-corrected chi connectivity index (χ0v) is 14.4. The number of nitrogens with one attached hydrogen (secondary N) is 1. The Morgan fingerprint density at radius 3 is 3.08 bits per heavy atom. The van der Waals surface area contributed by atoms with Gasteiger partial charge in [0.25, 0.3) is 5.91 Å². The summed E-state index contributed by atoms with van der Waals surface area (Å²) in [5.74, 6) is 2.22. The van der Waals surface area contributed by atoms with Crippen molar-refractivity contribution in [2.75, 3.05) is 17.2 Å². The molecule has 1 atom stereocenters. The summed E-state index contributed by atoms with van der Waals surface area (Å²) in [6.07, 6.45) is 1.62. The number of hydrogen-bond donors (Lipinski definition) is 1. The largest absolute Gasteiger partial charge is 0.341 e. The molecule has 2 aromatic heterocycles. The lowest BCUT2D eigenvalue weighted by Gasteiger charge is -2.24. The number of amides is 1. The average Bonchev–Trinajstić information content (AvgIpc) is 2.87. The smallest absolute Gasteiger partial charge is 0.259 e. The van der Waals surface area contributed by atoms with Gasteiger partial charge in [0.15, 0.2) is 5.65 Å². The summed E-state index contributed by atoms with van der Waals surface area (Å²) in [6.45, 7) is 4.77. The molecule has 1 aliphatic rings. The molecule has 1 aromatic carbocycles. The molecule has 3 heterocycles. The fraction of sp³-hybridized carbons (Fsp3) is 0.278. The number of rotatable bonds is 1. The van der Waals surface area contributed by atoms with Gasteiger partial charge in [-0.15, -0.1) is 11.8 Å². The number of para-hydroxylation sites is 1. The molecule has 122 valence electrons. The Hall–Kier alpha value is -2.34. The molecule has 0 unspecified atom stereocenters. The summed E-state index contributed by atoms with van der Waals surface area (Å²) >= 11 is 1.81. The Morgan fingerprint density at radius 1 is 1.38 bits per heavy atom. The van der Waals surface area contributed by atoms with E-state index >= 15 is 0 Å². The minimum Gasteiger partial charge on any atom is -0.341 e. The highest BCUT2D eigenvalue weighted by atomic mass is 32.2. The maximum atomic E-state index is 13.2. The third-order valence-corrected chi connectivity index (χ3v) is 5.51. The van der Waals surface area contributed by atoms with Gasteiger partial charge in [0, 0.05) is 23.4 Å². The highest BCUT2D eigenvalue weighted by molar-refractivity contribution is 7.99. The summed E-state index contributed by atoms with van der Waals surface area (Å²) in [5.41, 5.74) is 3.01. The maximum Gasteiger partial charge on any atom is 0.259 e. The second kappa shape index (κ2) is 5.94. The molecule has 0 saturated heterocycles. The summed E-state index contributed by atoms with van der Waals surface area (Å²) < 4.78 is 0. The molecule has 0 spiro atoms. The van der Waals surface area contributed by atoms with E-state index in [1.54, 1.807) is 6.20 Å². The van der Waals surface area contributed by atoms with Crippen molar-refractivity contribution in [1.29, 1.82) is 0 Å². The standard InChI is InChI=1S/C18H18N4OS/c1-11-9-22(15-5-3-4-6-16(15)24-10-11)18(23)13-7-14-17(19-8-13)21-12(2)20-14/h3-8,11H,9-10H2,1-2H3,(H,19,20,21)/t11-/m1/s1. The molecule has 3 aromatic rings. The minimum atomic E-state index is -0.0153. The van der Waals surface area contributed by atoms with Crippen LogP contribution in [0.2, 0.25) is 0 Å². The number of carbonyl (C=O) groups excluding carboxylic acids is 1. The topological polar surface area (TPSA) is 61.9 Å². The molecule has 1 amide bonds. The van der Waals surface area contributed by atoms with Crippen molar-refractivity contribution >= 4 is 34.5 Å². The van der Waals surface area contributed by atoms with E-state index in [4.69, 9.17) is 0 Å². The van der Waals surface area contributed by atoms with Crippen LogP contribution in [0.1, 0.15) is 23.1 Å². The van der Waals surface area contributed by atoms with Crippen molar-refractivity contribution in [1.82, 2.24) is 15.0 Å². The number of benzene rings is 1. The third kappa shape index (κ3) is 2.67. The lowest BCUT2D eigenvalue weighted by atomic mass is 10.1. The SMILES string of the molecule is Cc1nc2ncc(C(=O)N3C[C@@H](C)CSc4ccccc43)cc2[nH]1. The quantitative estimate of drug-likeness (QED) is 0.735. The Labute approximate surface area is 144 Å². The van der Waals surface area contributed by atoms with Crippen molar-refractivity contribution in [2.24, 2.45) is 5.92 Å². The van der Waals surface area contributed by atoms with Crippen LogP contribution in [0.25, 0.3) is 11.2 Å². The summed E-state index contributed by atoms with van der Waals surface area (Å²) in [6, 6.07) is 9.94. The second-order valence-corrected chi connectivity index (χ2v) is 7.28. The molecule has 0 saturated carbocycles. The zero-order valence-electron chi connectivity index (χ0n) is 13.6. The van der Waals surface area contributed by atoms with Gasteiger partial charge in [-0.05, 0) is 31.0 Å². The van der Waals surface area contributed by atoms with Gasteiger partial charge < -0.3 is 9.88 Å². The number of thioether (sulfide) groups is 1. The Balaban J connectivity index is 1.76. The van der Waals surface area contributed by atoms with E-state index in [0.29, 0.717) is 23.7 Å². The number of hydrogen-bond acceptors (Lipinski definition) is 4. The molecular weight excluding hydrogens is 320 g/mol. The van der Waals surface area contributed by atoms with Crippen LogP contribution in [0, 0.1) is 12.8 Å². The first-order valence-corrected chi connectivity index (χ1v) is 8.96. The first kappa shape index (κ1) is 15.2. The van der Waals surface area contributed by atoms with E-state index < -0.39 is 0 Å². The molecule has 5 nitrogen and oxygen atoms in total. The molecule has 0 bridgehead atoms. The highest BCUT2D eigenvalue weighted by Gasteiger charge is 2.26. The van der Waals surface area contributed by atoms with Crippen LogP contribution < -0.4 is 4.90 Å². The van der Waals surface area contributed by atoms with Crippen molar-refractivity contribution in [3.8, 4) is 0 Å². The number of aromatic nitrogens is 3. The van der Waals surface area contributed by atoms with Gasteiger partial charge in [-0.3, -0.25) is 4.79 Å². The van der Waals surface area contributed by atoms with Crippen LogP contribution in [0.4, 0.5) is 5.69 Å². The van der Waals surface area contributed by atoms with Gasteiger partial charge in [0.05, 0.1) is 16.8 Å². The molecular formula is C18H18N4OS. The fourth-order valence-corrected chi connectivity index (χ4v) is 4.05. The summed E-state index contributed by atoms with van der Waals surface area (Å²) in [4.78, 5) is 28.0. The molecule has 24 heavy (non-hydrogen) atoms. The molecule has 1 aliphatic heterocycles. The van der Waals surface area contributed by atoms with Crippen LogP contribution in [-0.4, -0.2) is 33.2 Å². The van der Waals surface area contributed by atoms with Crippen LogP contribution in [0.3, 0.4) is 0 Å². The fourth-order valence-electron chi connectivity index (χ4n) is 2.98. The lowest BCUT2D eigenvalue weighted by molar-refractivity contribution is 0.0983. The van der Waals surface area contributed by atoms with Crippen LogP contribution in [-0.2, 0) is 0 Å². The number of anilines is 1. The number of nitrogens with zero attached hydrogens (tertiary/aromatic N) is 3. The van der Waals surface area contributed by atoms with E-state index in [-0.39, 0.29) is 5.91 Å². The Kier molecular flexibility index (Phi) is 3.76. The van der Waals surface area contributed by atoms with E-state index in [9.17, 15) is 4.79 Å². The van der Waals surface area contributed by atoms with E-state index in [0.717, 1.165) is 27.7 Å². The number of aromatic amines is 1. The predicted molar refractivity (Wildman–Crippen MR) is 96.6 cm³/mol. The number of fused-ring (bicyclic) bond motifs is 2. The minimum absolute atomic E-state index is 0.0153. The number of aryl methyl sites for hydroxylation is 1. The van der Waals surface area contributed by atoms with E-state index in [1.165, 1.54) is 0 Å². The monoisotopic (exact) mass is 338 g/mol. The molecule has 6 heteroatoms. The Bertz CT molecular complexity index is 920. The Morgan fingerprint density at radius 2 is 2.21 bits per heavy atom. The van der Waals surface area contributed by atoms with Crippen LogP contribution in [0.15, 0.2) is 41.4 Å². The third-order valence-electron chi connectivity index (χ3n) is 4.12. The molecule has 0 fully saturated rings. The van der Waals surface area contributed by atoms with Crippen molar-refractivity contribution in [2.45, 2.75) is 18.7 Å². The molecule has 0 aliphatic carbocycles. The second-order valence-electron chi connectivity index (χ2n) is 6.22. The predicted octanol–water partition coefficient (Wildman–Crippen LogP) is 3.65. The zero-order chi connectivity index (χ0) is 16.7. The van der Waals surface area contributed by atoms with Crippen LogP contribution in [0.5, 0.6) is 0 Å². The average molecular weight is 338 g/mol. The van der Waals surface area contributed by atoms with Gasteiger partial charge in [-0.25, -0.2) is 9.97 Å². The van der Waals surface area contributed by atoms with Gasteiger partial charge >= 0.3 is 0 Å². The van der Waals surface area contributed by atoms with Gasteiger partial charge in [0.1, 0.15) is 5.82 Å². The van der Waals surface area contributed by atoms with E-state index in [2.05, 4.69) is 27.9 Å². The first-order valence-electron chi connectivity index (χ1n) is 7.98. The summed E-state index contributed by atoms with van der Waals surface area (Å²) in [5, 5.41) is 0. The van der Waals surface area contributed by atoms with Crippen molar-refractivity contribution < 1.29 is 4.79 Å². The molecule has 4 rings (SSSR count). The van der Waals surface area contributed by atoms with Crippen LogP contribution >= 0.6 is 11.8 Å². The molecule has 0 radical (unpaired) electrons. The van der Waals surface area contributed by atoms with E-state index in [1.807, 2.05) is 47.9 Å². The number of imidazole rings is 1. The molecule has 1 N–H and O–H groups in total. The van der Waals surface area contributed by atoms with Gasteiger partial charge in [-0.1, -0.05) is 19.1 Å². The lowest BCUT2D eigenvalue weighted by Crippen LogP contribution is -2.34. The van der Waals surface area contributed by atoms with Crippen molar-refractivity contribution in [3.05, 3.63) is 47.9 Å². The van der Waals surface area contributed by atoms with Gasteiger partial charge in [-0.2, -0.15) is 0 Å². The van der Waals surface area contributed by atoms with Crippen molar-refractivity contribution in [3.63, 3.8) is 0 Å². The van der Waals surface area contributed by atoms with Gasteiger partial charge in [0.2, 0.25) is 0 Å². The number of carbonyl (C=O) groups is 1. The summed E-state index contributed by atoms with van der Waals surface area (Å²) in [7, 11) is 0. The number of H-pyrrole nitrogens is 1. The maximum absolute atomic E-state index is 13.2. The highest BCUT2D eigenvalue weighted by Crippen LogP contribution is 2.36.